The molecular formula is C12H19N5O3P+. The van der Waals surface area contributed by atoms with Crippen LogP contribution < -0.4 is 16.4 Å². The largest absolute Gasteiger partial charge is 0.383 e. The van der Waals surface area contributed by atoms with Gasteiger partial charge >= 0.3 is 8.46 Å². The van der Waals surface area contributed by atoms with E-state index in [1.165, 1.54) is 0 Å². The fourth-order valence-corrected chi connectivity index (χ4v) is 1.73. The standard InChI is InChI=1S/C12H18N5O3P/c1-8-15-6-9(12(13)17-8)7-16-11(19)3-2-10(18)14-4-5-21-20/h6H,2-5,7H2,1H3,(H,14,18)(H,16,19)(H2,13,15,17)/p+1. The lowest BCUT2D eigenvalue weighted by molar-refractivity contribution is -0.126. The van der Waals surface area contributed by atoms with E-state index in [9.17, 15) is 14.2 Å². The van der Waals surface area contributed by atoms with E-state index in [1.807, 2.05) is 0 Å². The van der Waals surface area contributed by atoms with Crippen molar-refractivity contribution in [2.45, 2.75) is 26.3 Å². The molecule has 1 aromatic heterocycles. The van der Waals surface area contributed by atoms with Crippen LogP contribution in [-0.2, 0) is 20.7 Å². The van der Waals surface area contributed by atoms with Crippen molar-refractivity contribution in [3.8, 4) is 0 Å². The topological polar surface area (TPSA) is 127 Å². The molecule has 0 bridgehead atoms. The van der Waals surface area contributed by atoms with Gasteiger partial charge in [-0.1, -0.05) is 4.57 Å². The van der Waals surface area contributed by atoms with Gasteiger partial charge in [-0.25, -0.2) is 9.97 Å². The summed E-state index contributed by atoms with van der Waals surface area (Å²) in [7, 11) is -0.431. The van der Waals surface area contributed by atoms with Gasteiger partial charge in [0.05, 0.1) is 6.54 Å². The van der Waals surface area contributed by atoms with Crippen LogP contribution in [0.15, 0.2) is 6.20 Å². The third-order valence-electron chi connectivity index (χ3n) is 2.62. The van der Waals surface area contributed by atoms with Gasteiger partial charge < -0.3 is 16.4 Å². The van der Waals surface area contributed by atoms with Gasteiger partial charge in [0.15, 0.2) is 6.16 Å². The van der Waals surface area contributed by atoms with Crippen molar-refractivity contribution in [3.05, 3.63) is 17.6 Å². The van der Waals surface area contributed by atoms with E-state index < -0.39 is 8.46 Å². The minimum atomic E-state index is -0.431. The minimum Gasteiger partial charge on any atom is -0.383 e. The van der Waals surface area contributed by atoms with Crippen LogP contribution in [-0.4, -0.2) is 34.5 Å². The van der Waals surface area contributed by atoms with Crippen LogP contribution >= 0.6 is 8.46 Å². The van der Waals surface area contributed by atoms with Crippen LogP contribution in [0.1, 0.15) is 24.2 Å². The second kappa shape index (κ2) is 8.97. The first kappa shape index (κ1) is 17.0. The van der Waals surface area contributed by atoms with Gasteiger partial charge in [0.1, 0.15) is 11.6 Å². The van der Waals surface area contributed by atoms with Gasteiger partial charge in [0.25, 0.3) is 0 Å². The summed E-state index contributed by atoms with van der Waals surface area (Å²) in [6.45, 7) is 2.31. The maximum absolute atomic E-state index is 11.6. The number of nitrogens with two attached hydrogens (primary N) is 1. The van der Waals surface area contributed by atoms with Crippen molar-refractivity contribution in [1.82, 2.24) is 20.6 Å². The third kappa shape index (κ3) is 6.76. The van der Waals surface area contributed by atoms with Crippen LogP contribution in [0.25, 0.3) is 0 Å². The number of hydrogen-bond acceptors (Lipinski definition) is 6. The van der Waals surface area contributed by atoms with Crippen LogP contribution in [0, 0.1) is 6.92 Å². The first-order chi connectivity index (χ1) is 10.0. The molecule has 0 aromatic carbocycles. The van der Waals surface area contributed by atoms with Gasteiger partial charge in [-0.3, -0.25) is 9.59 Å². The van der Waals surface area contributed by atoms with E-state index in [1.54, 1.807) is 13.1 Å². The SMILES string of the molecule is Cc1ncc(CNC(=O)CCC(=O)NCC[PH+]=O)c(N)n1. The molecule has 1 heterocycles. The van der Waals surface area contributed by atoms with E-state index in [0.29, 0.717) is 29.9 Å². The summed E-state index contributed by atoms with van der Waals surface area (Å²) in [4.78, 5) is 31.0. The Labute approximate surface area is 124 Å². The lowest BCUT2D eigenvalue weighted by atomic mass is 10.2. The molecule has 1 unspecified atom stereocenters. The molecule has 1 rings (SSSR count). The molecule has 0 fully saturated rings. The number of carbonyl (C=O) groups excluding carboxylic acids is 2. The third-order valence-corrected chi connectivity index (χ3v) is 3.08. The van der Waals surface area contributed by atoms with E-state index in [4.69, 9.17) is 5.73 Å². The molecule has 8 nitrogen and oxygen atoms in total. The molecule has 9 heteroatoms. The Kier molecular flexibility index (Phi) is 7.25. The zero-order valence-corrected chi connectivity index (χ0v) is 12.8. The van der Waals surface area contributed by atoms with Gasteiger partial charge in [-0.05, 0) is 6.92 Å². The second-order valence-electron chi connectivity index (χ2n) is 4.35. The molecule has 0 aliphatic heterocycles. The predicted molar refractivity (Wildman–Crippen MR) is 79.1 cm³/mol. The number of anilines is 1. The van der Waals surface area contributed by atoms with Crippen molar-refractivity contribution >= 4 is 26.1 Å². The lowest BCUT2D eigenvalue weighted by Gasteiger charge is -2.07. The number of nitrogens with zero attached hydrogens (tertiary/aromatic N) is 2. The molecule has 1 atom stereocenters. The summed E-state index contributed by atoms with van der Waals surface area (Å²) in [5.74, 6) is 0.411. The summed E-state index contributed by atoms with van der Waals surface area (Å²) in [5.41, 5.74) is 6.34. The number of aromatic nitrogens is 2. The lowest BCUT2D eigenvalue weighted by Crippen LogP contribution is -2.28. The van der Waals surface area contributed by atoms with Crippen molar-refractivity contribution in [2.24, 2.45) is 0 Å². The molecule has 0 saturated carbocycles. The van der Waals surface area contributed by atoms with Crippen molar-refractivity contribution in [3.63, 3.8) is 0 Å². The molecule has 21 heavy (non-hydrogen) atoms. The van der Waals surface area contributed by atoms with E-state index in [2.05, 4.69) is 20.6 Å². The number of carbonyl (C=O) groups is 2. The smallest absolute Gasteiger partial charge is 0.326 e. The fraction of sp³-hybridized carbons (Fsp3) is 0.500. The number of amides is 2. The number of hydrogen-bond donors (Lipinski definition) is 3. The summed E-state index contributed by atoms with van der Waals surface area (Å²) in [6, 6.07) is 0. The Morgan fingerprint density at radius 2 is 1.95 bits per heavy atom. The van der Waals surface area contributed by atoms with Gasteiger partial charge in [-0.2, -0.15) is 0 Å². The minimum absolute atomic E-state index is 0.0815. The first-order valence-corrected chi connectivity index (χ1v) is 7.61. The normalized spacial score (nSPS) is 10.3. The van der Waals surface area contributed by atoms with Gasteiger partial charge in [-0.15, -0.1) is 0 Å². The molecule has 0 saturated heterocycles. The number of rotatable bonds is 8. The predicted octanol–water partition coefficient (Wildman–Crippen LogP) is -0.0962. The first-order valence-electron chi connectivity index (χ1n) is 6.49. The summed E-state index contributed by atoms with van der Waals surface area (Å²) >= 11 is 0. The quantitative estimate of drug-likeness (QED) is 0.454. The summed E-state index contributed by atoms with van der Waals surface area (Å²) < 4.78 is 10.2. The van der Waals surface area contributed by atoms with Crippen molar-refractivity contribution in [1.29, 1.82) is 0 Å². The molecule has 0 aliphatic rings. The Bertz CT molecular complexity index is 524. The maximum Gasteiger partial charge on any atom is 0.326 e. The van der Waals surface area contributed by atoms with Gasteiger partial charge in [0, 0.05) is 31.1 Å². The maximum atomic E-state index is 11.6. The molecule has 1 aromatic rings. The average Bonchev–Trinajstić information content (AvgIpc) is 2.44. The molecule has 4 N–H and O–H groups in total. The zero-order chi connectivity index (χ0) is 15.7. The Morgan fingerprint density at radius 1 is 1.29 bits per heavy atom. The Hall–Kier alpha value is -2.08. The van der Waals surface area contributed by atoms with Crippen LogP contribution in [0.4, 0.5) is 5.82 Å². The van der Waals surface area contributed by atoms with E-state index in [0.717, 1.165) is 0 Å². The highest BCUT2D eigenvalue weighted by atomic mass is 31.1. The van der Waals surface area contributed by atoms with E-state index >= 15 is 0 Å². The highest BCUT2D eigenvalue weighted by Crippen LogP contribution is 2.06. The highest BCUT2D eigenvalue weighted by molar-refractivity contribution is 7.23. The Morgan fingerprint density at radius 3 is 2.57 bits per heavy atom. The molecule has 114 valence electrons. The van der Waals surface area contributed by atoms with Crippen molar-refractivity contribution in [2.75, 3.05) is 18.4 Å². The zero-order valence-electron chi connectivity index (χ0n) is 11.8. The van der Waals surface area contributed by atoms with Gasteiger partial charge in [0.2, 0.25) is 11.8 Å². The fourth-order valence-electron chi connectivity index (χ4n) is 1.50. The molecule has 2 amide bonds. The Balaban J connectivity index is 2.27. The summed E-state index contributed by atoms with van der Waals surface area (Å²) in [5, 5.41) is 5.23. The van der Waals surface area contributed by atoms with Crippen LogP contribution in [0.2, 0.25) is 0 Å². The van der Waals surface area contributed by atoms with E-state index in [-0.39, 0.29) is 31.2 Å². The summed E-state index contributed by atoms with van der Waals surface area (Å²) in [6.07, 6.45) is 2.16. The monoisotopic (exact) mass is 312 g/mol. The molecule has 0 radical (unpaired) electrons. The van der Waals surface area contributed by atoms with Crippen molar-refractivity contribution < 1.29 is 14.2 Å². The average molecular weight is 312 g/mol. The number of aryl methyl sites for hydroxylation is 1. The van der Waals surface area contributed by atoms with Crippen LogP contribution in [0.3, 0.4) is 0 Å². The highest BCUT2D eigenvalue weighted by Gasteiger charge is 2.08. The molecule has 0 spiro atoms. The second-order valence-corrected chi connectivity index (χ2v) is 5.14. The van der Waals surface area contributed by atoms with Crippen LogP contribution in [0.5, 0.6) is 0 Å². The number of nitrogen functional groups attached to an aromatic ring is 1. The number of nitrogens with one attached hydrogen (secondary N) is 2. The molecule has 0 aliphatic carbocycles. The molecular weight excluding hydrogens is 293 g/mol.